The molecule has 1 heterocycles. The highest BCUT2D eigenvalue weighted by Gasteiger charge is 2.04. The summed E-state index contributed by atoms with van der Waals surface area (Å²) in [6, 6.07) is 4.06. The SMILES string of the molecule is Cc1cc(Br)c2nn(C)nc2c1. The minimum absolute atomic E-state index is 0.920. The lowest BCUT2D eigenvalue weighted by Gasteiger charge is -1.92. The smallest absolute Gasteiger partial charge is 0.127 e. The fourth-order valence-electron chi connectivity index (χ4n) is 1.21. The Hall–Kier alpha value is -0.900. The van der Waals surface area contributed by atoms with Gasteiger partial charge in [0.05, 0.1) is 0 Å². The summed E-state index contributed by atoms with van der Waals surface area (Å²) in [6.45, 7) is 2.04. The van der Waals surface area contributed by atoms with Crippen LogP contribution < -0.4 is 0 Å². The third-order valence-corrected chi connectivity index (χ3v) is 2.29. The molecule has 0 atom stereocenters. The van der Waals surface area contributed by atoms with Crippen molar-refractivity contribution < 1.29 is 0 Å². The van der Waals surface area contributed by atoms with Crippen LogP contribution in [0.15, 0.2) is 16.6 Å². The van der Waals surface area contributed by atoms with E-state index in [9.17, 15) is 0 Å². The summed E-state index contributed by atoms with van der Waals surface area (Å²) < 4.78 is 1.01. The second kappa shape index (κ2) is 2.55. The largest absolute Gasteiger partial charge is 0.187 e. The number of benzene rings is 1. The van der Waals surface area contributed by atoms with Gasteiger partial charge in [-0.05, 0) is 40.5 Å². The quantitative estimate of drug-likeness (QED) is 0.688. The minimum Gasteiger partial charge on any atom is -0.187 e. The summed E-state index contributed by atoms with van der Waals surface area (Å²) in [7, 11) is 1.82. The van der Waals surface area contributed by atoms with Gasteiger partial charge in [0.25, 0.3) is 0 Å². The molecule has 0 saturated carbocycles. The molecule has 1 aromatic heterocycles. The molecule has 0 bridgehead atoms. The van der Waals surface area contributed by atoms with Crippen molar-refractivity contribution in [3.63, 3.8) is 0 Å². The Bertz CT molecular complexity index is 433. The van der Waals surface area contributed by atoms with Crippen LogP contribution in [0.4, 0.5) is 0 Å². The van der Waals surface area contributed by atoms with Crippen LogP contribution in [0.2, 0.25) is 0 Å². The van der Waals surface area contributed by atoms with Gasteiger partial charge in [-0.1, -0.05) is 0 Å². The van der Waals surface area contributed by atoms with E-state index < -0.39 is 0 Å². The molecule has 3 nitrogen and oxygen atoms in total. The number of rotatable bonds is 0. The van der Waals surface area contributed by atoms with E-state index in [1.165, 1.54) is 5.56 Å². The van der Waals surface area contributed by atoms with Crippen molar-refractivity contribution >= 4 is 27.0 Å². The third-order valence-electron chi connectivity index (χ3n) is 1.68. The molecule has 4 heteroatoms. The number of nitrogens with zero attached hydrogens (tertiary/aromatic N) is 3. The van der Waals surface area contributed by atoms with Crippen LogP contribution in [0.25, 0.3) is 11.0 Å². The summed E-state index contributed by atoms with van der Waals surface area (Å²) in [6.07, 6.45) is 0. The van der Waals surface area contributed by atoms with Gasteiger partial charge in [-0.15, -0.1) is 0 Å². The van der Waals surface area contributed by atoms with Gasteiger partial charge >= 0.3 is 0 Å². The van der Waals surface area contributed by atoms with Gasteiger partial charge in [0, 0.05) is 11.5 Å². The maximum absolute atomic E-state index is 4.21. The van der Waals surface area contributed by atoms with E-state index in [0.29, 0.717) is 0 Å². The van der Waals surface area contributed by atoms with E-state index in [1.807, 2.05) is 26.1 Å². The van der Waals surface area contributed by atoms with Crippen molar-refractivity contribution in [3.8, 4) is 0 Å². The van der Waals surface area contributed by atoms with Crippen molar-refractivity contribution in [2.75, 3.05) is 0 Å². The van der Waals surface area contributed by atoms with Crippen molar-refractivity contribution in [3.05, 3.63) is 22.2 Å². The fourth-order valence-corrected chi connectivity index (χ4v) is 1.86. The van der Waals surface area contributed by atoms with Gasteiger partial charge < -0.3 is 0 Å². The van der Waals surface area contributed by atoms with Gasteiger partial charge in [-0.25, -0.2) is 0 Å². The molecule has 2 rings (SSSR count). The molecule has 62 valence electrons. The van der Waals surface area contributed by atoms with Crippen LogP contribution in [-0.4, -0.2) is 15.0 Å². The first-order valence-electron chi connectivity index (χ1n) is 3.64. The van der Waals surface area contributed by atoms with E-state index in [0.717, 1.165) is 15.5 Å². The Balaban J connectivity index is 2.88. The summed E-state index contributed by atoms with van der Waals surface area (Å²) in [4.78, 5) is 1.58. The van der Waals surface area contributed by atoms with E-state index >= 15 is 0 Å². The maximum Gasteiger partial charge on any atom is 0.127 e. The van der Waals surface area contributed by atoms with E-state index in [4.69, 9.17) is 0 Å². The normalized spacial score (nSPS) is 10.9. The first kappa shape index (κ1) is 7.73. The molecule has 0 N–H and O–H groups in total. The standard InChI is InChI=1S/C8H8BrN3/c1-5-3-6(9)8-7(4-5)10-12(2)11-8/h3-4H,1-2H3. The summed E-state index contributed by atoms with van der Waals surface area (Å²) in [5.41, 5.74) is 3.04. The monoisotopic (exact) mass is 225 g/mol. The number of hydrogen-bond acceptors (Lipinski definition) is 2. The van der Waals surface area contributed by atoms with Crippen molar-refractivity contribution in [1.82, 2.24) is 15.0 Å². The highest BCUT2D eigenvalue weighted by Crippen LogP contribution is 2.21. The second-order valence-electron chi connectivity index (χ2n) is 2.80. The highest BCUT2D eigenvalue weighted by molar-refractivity contribution is 9.10. The molecule has 12 heavy (non-hydrogen) atoms. The molecule has 1 aromatic carbocycles. The Kier molecular flexibility index (Phi) is 1.65. The Morgan fingerprint density at radius 3 is 2.83 bits per heavy atom. The molecule has 0 amide bonds. The number of hydrogen-bond donors (Lipinski definition) is 0. The summed E-state index contributed by atoms with van der Waals surface area (Å²) in [5.74, 6) is 0. The number of aryl methyl sites for hydroxylation is 2. The zero-order chi connectivity index (χ0) is 8.72. The van der Waals surface area contributed by atoms with Gasteiger partial charge in [-0.2, -0.15) is 15.0 Å². The molecule has 0 spiro atoms. The lowest BCUT2D eigenvalue weighted by molar-refractivity contribution is 0.665. The Labute approximate surface area is 78.5 Å². The average Bonchev–Trinajstić information content (AvgIpc) is 2.29. The molecule has 0 aliphatic rings. The van der Waals surface area contributed by atoms with E-state index in [1.54, 1.807) is 4.80 Å². The van der Waals surface area contributed by atoms with Gasteiger partial charge in [0.2, 0.25) is 0 Å². The van der Waals surface area contributed by atoms with Crippen molar-refractivity contribution in [2.24, 2.45) is 7.05 Å². The van der Waals surface area contributed by atoms with Crippen molar-refractivity contribution in [1.29, 1.82) is 0 Å². The average molecular weight is 226 g/mol. The predicted molar refractivity (Wildman–Crippen MR) is 50.9 cm³/mol. The zero-order valence-corrected chi connectivity index (χ0v) is 8.46. The van der Waals surface area contributed by atoms with Crippen LogP contribution in [-0.2, 0) is 7.05 Å². The molecule has 0 aliphatic carbocycles. The number of halogens is 1. The predicted octanol–water partition coefficient (Wildman–Crippen LogP) is 2.04. The first-order chi connectivity index (χ1) is 5.66. The molecular weight excluding hydrogens is 218 g/mol. The van der Waals surface area contributed by atoms with E-state index in [-0.39, 0.29) is 0 Å². The fraction of sp³-hybridized carbons (Fsp3) is 0.250. The Morgan fingerprint density at radius 2 is 2.08 bits per heavy atom. The lowest BCUT2D eigenvalue weighted by Crippen LogP contribution is -1.90. The van der Waals surface area contributed by atoms with Gasteiger partial charge in [0.1, 0.15) is 11.0 Å². The van der Waals surface area contributed by atoms with Crippen LogP contribution in [0.5, 0.6) is 0 Å². The minimum atomic E-state index is 0.920. The highest BCUT2D eigenvalue weighted by atomic mass is 79.9. The summed E-state index contributed by atoms with van der Waals surface area (Å²) >= 11 is 3.45. The summed E-state index contributed by atoms with van der Waals surface area (Å²) in [5, 5.41) is 8.42. The van der Waals surface area contributed by atoms with Crippen LogP contribution in [0.1, 0.15) is 5.56 Å². The molecule has 2 aromatic rings. The molecule has 0 radical (unpaired) electrons. The Morgan fingerprint density at radius 1 is 1.33 bits per heavy atom. The number of aromatic nitrogens is 3. The number of fused-ring (bicyclic) bond motifs is 1. The van der Waals surface area contributed by atoms with Gasteiger partial charge in [-0.3, -0.25) is 0 Å². The van der Waals surface area contributed by atoms with E-state index in [2.05, 4.69) is 26.1 Å². The molecule has 0 saturated heterocycles. The topological polar surface area (TPSA) is 30.7 Å². The zero-order valence-electron chi connectivity index (χ0n) is 6.87. The van der Waals surface area contributed by atoms with Crippen LogP contribution >= 0.6 is 15.9 Å². The third kappa shape index (κ3) is 1.12. The van der Waals surface area contributed by atoms with Crippen molar-refractivity contribution in [2.45, 2.75) is 6.92 Å². The maximum atomic E-state index is 4.21. The van der Waals surface area contributed by atoms with Crippen LogP contribution in [0.3, 0.4) is 0 Å². The molecule has 0 aliphatic heterocycles. The van der Waals surface area contributed by atoms with Gasteiger partial charge in [0.15, 0.2) is 0 Å². The van der Waals surface area contributed by atoms with Crippen LogP contribution in [0, 0.1) is 6.92 Å². The lowest BCUT2D eigenvalue weighted by atomic mass is 10.2. The molecule has 0 fully saturated rings. The molecule has 0 unspecified atom stereocenters. The molecular formula is C8H8BrN3. The first-order valence-corrected chi connectivity index (χ1v) is 4.43. The second-order valence-corrected chi connectivity index (χ2v) is 3.66.